The molecule has 2 aromatic rings. The van der Waals surface area contributed by atoms with Crippen LogP contribution < -0.4 is 10.5 Å². The van der Waals surface area contributed by atoms with Crippen molar-refractivity contribution in [1.82, 2.24) is 9.55 Å². The van der Waals surface area contributed by atoms with Crippen molar-refractivity contribution < 1.29 is 4.74 Å². The first kappa shape index (κ1) is 10.8. The Labute approximate surface area is 98.6 Å². The Balaban J connectivity index is 2.62. The zero-order valence-electron chi connectivity index (χ0n) is 9.07. The SMILES string of the molecule is COc1ccc(Cl)cc1-n1cc(C)nc1N. The van der Waals surface area contributed by atoms with Crippen molar-refractivity contribution >= 4 is 17.5 Å². The molecule has 0 spiro atoms. The fraction of sp³-hybridized carbons (Fsp3) is 0.182. The summed E-state index contributed by atoms with van der Waals surface area (Å²) in [6.07, 6.45) is 1.84. The van der Waals surface area contributed by atoms with E-state index in [0.717, 1.165) is 11.4 Å². The fourth-order valence-electron chi connectivity index (χ4n) is 1.56. The molecule has 0 aliphatic rings. The highest BCUT2D eigenvalue weighted by Crippen LogP contribution is 2.28. The highest BCUT2D eigenvalue weighted by Gasteiger charge is 2.10. The molecule has 0 saturated carbocycles. The summed E-state index contributed by atoms with van der Waals surface area (Å²) in [5, 5.41) is 0.626. The summed E-state index contributed by atoms with van der Waals surface area (Å²) in [6, 6.07) is 5.36. The smallest absolute Gasteiger partial charge is 0.205 e. The van der Waals surface area contributed by atoms with Crippen molar-refractivity contribution in [3.05, 3.63) is 35.1 Å². The van der Waals surface area contributed by atoms with Crippen molar-refractivity contribution in [3.8, 4) is 11.4 Å². The second-order valence-corrected chi connectivity index (χ2v) is 3.86. The molecular weight excluding hydrogens is 226 g/mol. The van der Waals surface area contributed by atoms with Crippen LogP contribution in [-0.2, 0) is 0 Å². The number of aromatic nitrogens is 2. The van der Waals surface area contributed by atoms with Gasteiger partial charge in [0.2, 0.25) is 5.95 Å². The van der Waals surface area contributed by atoms with Crippen LogP contribution in [-0.4, -0.2) is 16.7 Å². The van der Waals surface area contributed by atoms with E-state index in [-0.39, 0.29) is 0 Å². The van der Waals surface area contributed by atoms with E-state index in [2.05, 4.69) is 4.98 Å². The largest absolute Gasteiger partial charge is 0.495 e. The first-order valence-electron chi connectivity index (χ1n) is 4.77. The number of benzene rings is 1. The molecule has 16 heavy (non-hydrogen) atoms. The molecule has 0 radical (unpaired) electrons. The van der Waals surface area contributed by atoms with Crippen molar-refractivity contribution in [2.75, 3.05) is 12.8 Å². The van der Waals surface area contributed by atoms with Crippen LogP contribution in [0.5, 0.6) is 5.75 Å². The molecular formula is C11H12ClN3O. The first-order chi connectivity index (χ1) is 7.61. The van der Waals surface area contributed by atoms with Crippen LogP contribution in [0.15, 0.2) is 24.4 Å². The van der Waals surface area contributed by atoms with E-state index in [1.54, 1.807) is 29.9 Å². The average molecular weight is 238 g/mol. The van der Waals surface area contributed by atoms with Gasteiger partial charge in [-0.1, -0.05) is 11.6 Å². The van der Waals surface area contributed by atoms with E-state index < -0.39 is 0 Å². The first-order valence-corrected chi connectivity index (χ1v) is 5.15. The zero-order chi connectivity index (χ0) is 11.7. The van der Waals surface area contributed by atoms with Gasteiger partial charge in [0.15, 0.2) is 0 Å². The Kier molecular flexibility index (Phi) is 2.75. The van der Waals surface area contributed by atoms with E-state index in [4.69, 9.17) is 22.1 Å². The number of nitrogens with zero attached hydrogens (tertiary/aromatic N) is 2. The lowest BCUT2D eigenvalue weighted by Gasteiger charge is -2.10. The van der Waals surface area contributed by atoms with Crippen LogP contribution in [0.4, 0.5) is 5.95 Å². The maximum Gasteiger partial charge on any atom is 0.205 e. The number of ether oxygens (including phenoxy) is 1. The van der Waals surface area contributed by atoms with Gasteiger partial charge in [-0.3, -0.25) is 4.57 Å². The second kappa shape index (κ2) is 4.06. The van der Waals surface area contributed by atoms with Crippen LogP contribution in [0.1, 0.15) is 5.69 Å². The van der Waals surface area contributed by atoms with Crippen LogP contribution in [0.2, 0.25) is 5.02 Å². The van der Waals surface area contributed by atoms with Crippen LogP contribution in [0, 0.1) is 6.92 Å². The molecule has 0 atom stereocenters. The van der Waals surface area contributed by atoms with Gasteiger partial charge in [0.1, 0.15) is 5.75 Å². The minimum absolute atomic E-state index is 0.415. The molecule has 84 valence electrons. The van der Waals surface area contributed by atoms with E-state index in [1.165, 1.54) is 0 Å². The molecule has 1 aromatic heterocycles. The van der Waals surface area contributed by atoms with Crippen molar-refractivity contribution in [3.63, 3.8) is 0 Å². The molecule has 2 rings (SSSR count). The monoisotopic (exact) mass is 237 g/mol. The number of nitrogen functional groups attached to an aromatic ring is 1. The maximum atomic E-state index is 5.95. The molecule has 0 bridgehead atoms. The molecule has 2 N–H and O–H groups in total. The lowest BCUT2D eigenvalue weighted by atomic mass is 10.3. The van der Waals surface area contributed by atoms with Crippen molar-refractivity contribution in [2.45, 2.75) is 6.92 Å². The van der Waals surface area contributed by atoms with Crippen molar-refractivity contribution in [2.24, 2.45) is 0 Å². The van der Waals surface area contributed by atoms with Gasteiger partial charge in [0, 0.05) is 11.2 Å². The topological polar surface area (TPSA) is 53.1 Å². The third kappa shape index (κ3) is 1.84. The Morgan fingerprint density at radius 2 is 2.19 bits per heavy atom. The van der Waals surface area contributed by atoms with Gasteiger partial charge in [-0.05, 0) is 25.1 Å². The van der Waals surface area contributed by atoms with Gasteiger partial charge in [-0.15, -0.1) is 0 Å². The van der Waals surface area contributed by atoms with Gasteiger partial charge < -0.3 is 10.5 Å². The van der Waals surface area contributed by atoms with E-state index in [9.17, 15) is 0 Å². The molecule has 0 fully saturated rings. The van der Waals surface area contributed by atoms with Crippen LogP contribution in [0.3, 0.4) is 0 Å². The number of methoxy groups -OCH3 is 1. The van der Waals surface area contributed by atoms with E-state index in [0.29, 0.717) is 16.7 Å². The molecule has 0 aliphatic carbocycles. The lowest BCUT2D eigenvalue weighted by molar-refractivity contribution is 0.413. The number of anilines is 1. The average Bonchev–Trinajstić information content (AvgIpc) is 2.57. The van der Waals surface area contributed by atoms with Gasteiger partial charge in [-0.2, -0.15) is 0 Å². The third-order valence-corrected chi connectivity index (χ3v) is 2.49. The molecule has 1 heterocycles. The second-order valence-electron chi connectivity index (χ2n) is 3.43. The lowest BCUT2D eigenvalue weighted by Crippen LogP contribution is -2.01. The summed E-state index contributed by atoms with van der Waals surface area (Å²) < 4.78 is 7.01. The number of hydrogen-bond donors (Lipinski definition) is 1. The van der Waals surface area contributed by atoms with Gasteiger partial charge in [0.05, 0.1) is 18.5 Å². The van der Waals surface area contributed by atoms with Gasteiger partial charge in [0.25, 0.3) is 0 Å². The fourth-order valence-corrected chi connectivity index (χ4v) is 1.73. The van der Waals surface area contributed by atoms with Crippen LogP contribution >= 0.6 is 11.6 Å². The maximum absolute atomic E-state index is 5.95. The highest BCUT2D eigenvalue weighted by molar-refractivity contribution is 6.30. The van der Waals surface area contributed by atoms with Crippen molar-refractivity contribution in [1.29, 1.82) is 0 Å². The summed E-state index contributed by atoms with van der Waals surface area (Å²) in [6.45, 7) is 1.88. The zero-order valence-corrected chi connectivity index (χ0v) is 9.82. The summed E-state index contributed by atoms with van der Waals surface area (Å²) >= 11 is 5.95. The Bertz CT molecular complexity index is 522. The van der Waals surface area contributed by atoms with Crippen LogP contribution in [0.25, 0.3) is 5.69 Å². The summed E-state index contributed by atoms with van der Waals surface area (Å²) in [5.41, 5.74) is 7.43. The number of rotatable bonds is 2. The summed E-state index contributed by atoms with van der Waals surface area (Å²) in [7, 11) is 1.60. The van der Waals surface area contributed by atoms with E-state index >= 15 is 0 Å². The Hall–Kier alpha value is -1.68. The molecule has 0 aliphatic heterocycles. The molecule has 1 aromatic carbocycles. The number of imidazole rings is 1. The highest BCUT2D eigenvalue weighted by atomic mass is 35.5. The normalized spacial score (nSPS) is 10.4. The minimum atomic E-state index is 0.415. The molecule has 5 heteroatoms. The minimum Gasteiger partial charge on any atom is -0.495 e. The predicted molar refractivity (Wildman–Crippen MR) is 64.3 cm³/mol. The molecule has 0 saturated heterocycles. The quantitative estimate of drug-likeness (QED) is 0.873. The van der Waals surface area contributed by atoms with E-state index in [1.807, 2.05) is 13.1 Å². The third-order valence-electron chi connectivity index (χ3n) is 2.25. The number of nitrogens with two attached hydrogens (primary N) is 1. The predicted octanol–water partition coefficient (Wildman–Crippen LogP) is 2.42. The molecule has 0 amide bonds. The summed E-state index contributed by atoms with van der Waals surface area (Å²) in [4.78, 5) is 4.13. The number of hydrogen-bond acceptors (Lipinski definition) is 3. The molecule has 4 nitrogen and oxygen atoms in total. The standard InChI is InChI=1S/C11H12ClN3O/c1-7-6-15(11(13)14-7)9-5-8(12)3-4-10(9)16-2/h3-6H,1-2H3,(H2,13,14). The number of halogens is 1. The van der Waals surface area contributed by atoms with Gasteiger partial charge >= 0.3 is 0 Å². The Morgan fingerprint density at radius 1 is 1.44 bits per heavy atom. The number of aryl methyl sites for hydroxylation is 1. The molecule has 0 unspecified atom stereocenters. The van der Waals surface area contributed by atoms with Gasteiger partial charge in [-0.25, -0.2) is 4.98 Å². The Morgan fingerprint density at radius 3 is 2.75 bits per heavy atom. The summed E-state index contributed by atoms with van der Waals surface area (Å²) in [5.74, 6) is 1.12.